The predicted octanol–water partition coefficient (Wildman–Crippen LogP) is 4.46. The number of amides is 2. The fourth-order valence-corrected chi connectivity index (χ4v) is 2.68. The highest BCUT2D eigenvalue weighted by Crippen LogP contribution is 2.23. The van der Waals surface area contributed by atoms with Crippen LogP contribution < -0.4 is 5.32 Å². The summed E-state index contributed by atoms with van der Waals surface area (Å²) in [4.78, 5) is 14.4. The molecule has 0 aromatic heterocycles. The van der Waals surface area contributed by atoms with Gasteiger partial charge in [-0.1, -0.05) is 44.2 Å². The molecule has 2 amide bonds. The van der Waals surface area contributed by atoms with Crippen molar-refractivity contribution in [1.82, 2.24) is 10.2 Å². The van der Waals surface area contributed by atoms with E-state index in [1.54, 1.807) is 35.2 Å². The second-order valence-corrected chi connectivity index (χ2v) is 6.63. The average molecular weight is 344 g/mol. The van der Waals surface area contributed by atoms with E-state index in [1.165, 1.54) is 12.1 Å². The van der Waals surface area contributed by atoms with Crippen LogP contribution in [-0.4, -0.2) is 22.6 Å². The molecule has 2 aromatic rings. The number of phenolic OH excluding ortho intramolecular Hbond substituents is 1. The number of rotatable bonds is 6. The molecule has 0 radical (unpaired) electrons. The number of phenols is 1. The van der Waals surface area contributed by atoms with Crippen LogP contribution in [0.1, 0.15) is 37.9 Å². The van der Waals surface area contributed by atoms with E-state index in [2.05, 4.69) is 5.32 Å². The number of halogens is 1. The molecule has 0 aliphatic rings. The lowest BCUT2D eigenvalue weighted by Crippen LogP contribution is -2.42. The molecule has 2 N–H and O–H groups in total. The Morgan fingerprint density at radius 3 is 2.36 bits per heavy atom. The van der Waals surface area contributed by atoms with E-state index >= 15 is 0 Å². The van der Waals surface area contributed by atoms with E-state index in [0.29, 0.717) is 24.6 Å². The molecule has 5 heteroatoms. The van der Waals surface area contributed by atoms with Crippen LogP contribution in [0.3, 0.4) is 0 Å². The van der Waals surface area contributed by atoms with Crippen molar-refractivity contribution in [1.29, 1.82) is 0 Å². The number of nitrogens with one attached hydrogen (secondary N) is 1. The van der Waals surface area contributed by atoms with Gasteiger partial charge in [0.15, 0.2) is 0 Å². The van der Waals surface area contributed by atoms with Crippen LogP contribution >= 0.6 is 0 Å². The Kier molecular flexibility index (Phi) is 6.39. The van der Waals surface area contributed by atoms with Crippen LogP contribution in [0.2, 0.25) is 0 Å². The van der Waals surface area contributed by atoms with Gasteiger partial charge in [0.2, 0.25) is 0 Å². The number of carbonyl (C=O) groups is 1. The molecule has 0 unspecified atom stereocenters. The summed E-state index contributed by atoms with van der Waals surface area (Å²) in [6.45, 7) is 6.89. The molecule has 0 saturated heterocycles. The molecule has 0 spiro atoms. The van der Waals surface area contributed by atoms with Crippen LogP contribution in [0.5, 0.6) is 5.75 Å². The van der Waals surface area contributed by atoms with Gasteiger partial charge in [0, 0.05) is 18.7 Å². The first-order valence-corrected chi connectivity index (χ1v) is 8.44. The molecule has 0 aliphatic carbocycles. The maximum Gasteiger partial charge on any atom is 0.318 e. The zero-order chi connectivity index (χ0) is 18.4. The second kappa shape index (κ2) is 8.51. The van der Waals surface area contributed by atoms with Crippen molar-refractivity contribution < 1.29 is 14.3 Å². The smallest absolute Gasteiger partial charge is 0.318 e. The Bertz CT molecular complexity index is 701. The number of nitrogens with zero attached hydrogens (tertiary/aromatic N) is 1. The van der Waals surface area contributed by atoms with Crippen molar-refractivity contribution in [2.75, 3.05) is 6.54 Å². The van der Waals surface area contributed by atoms with Gasteiger partial charge >= 0.3 is 6.03 Å². The predicted molar refractivity (Wildman–Crippen MR) is 96.7 cm³/mol. The van der Waals surface area contributed by atoms with E-state index in [-0.39, 0.29) is 23.6 Å². The van der Waals surface area contributed by atoms with Gasteiger partial charge < -0.3 is 15.3 Å². The molecule has 134 valence electrons. The highest BCUT2D eigenvalue weighted by molar-refractivity contribution is 5.75. The minimum atomic E-state index is -0.323. The van der Waals surface area contributed by atoms with Gasteiger partial charge in [0.25, 0.3) is 0 Å². The molecule has 1 atom stereocenters. The van der Waals surface area contributed by atoms with Crippen molar-refractivity contribution in [3.05, 3.63) is 65.5 Å². The quantitative estimate of drug-likeness (QED) is 0.813. The third-order valence-corrected chi connectivity index (χ3v) is 3.90. The number of carbonyl (C=O) groups excluding carboxylic acids is 1. The lowest BCUT2D eigenvalue weighted by Gasteiger charge is -2.27. The highest BCUT2D eigenvalue weighted by atomic mass is 19.1. The Labute approximate surface area is 148 Å². The maximum atomic E-state index is 13.1. The maximum absolute atomic E-state index is 13.1. The number of hydrogen-bond donors (Lipinski definition) is 2. The summed E-state index contributed by atoms with van der Waals surface area (Å²) in [6, 6.07) is 12.6. The topological polar surface area (TPSA) is 52.6 Å². The minimum absolute atomic E-state index is 0.157. The zero-order valence-corrected chi connectivity index (χ0v) is 14.9. The third-order valence-electron chi connectivity index (χ3n) is 3.90. The first-order chi connectivity index (χ1) is 11.9. The standard InChI is InChI=1S/C20H25FN2O2/c1-14(2)12-23(13-16-8-10-17(21)11-9-16)20(25)22-15(3)18-6-4-5-7-19(18)24/h4-11,14-15,24H,12-13H2,1-3H3,(H,22,25)/t15-/m1/s1. The van der Waals surface area contributed by atoms with Gasteiger partial charge in [-0.2, -0.15) is 0 Å². The molecule has 2 aromatic carbocycles. The van der Waals surface area contributed by atoms with E-state index in [4.69, 9.17) is 0 Å². The number of aromatic hydroxyl groups is 1. The van der Waals surface area contributed by atoms with Crippen molar-refractivity contribution in [2.24, 2.45) is 5.92 Å². The average Bonchev–Trinajstić information content (AvgIpc) is 2.56. The molecule has 0 bridgehead atoms. The van der Waals surface area contributed by atoms with Gasteiger partial charge in [-0.3, -0.25) is 0 Å². The van der Waals surface area contributed by atoms with Crippen LogP contribution in [0.15, 0.2) is 48.5 Å². The molecule has 0 saturated carbocycles. The largest absolute Gasteiger partial charge is 0.508 e. The summed E-state index contributed by atoms with van der Waals surface area (Å²) < 4.78 is 13.1. The molecular formula is C20H25FN2O2. The minimum Gasteiger partial charge on any atom is -0.508 e. The van der Waals surface area contributed by atoms with Crippen LogP contribution in [-0.2, 0) is 6.54 Å². The highest BCUT2D eigenvalue weighted by Gasteiger charge is 2.19. The first-order valence-electron chi connectivity index (χ1n) is 8.44. The van der Waals surface area contributed by atoms with Crippen molar-refractivity contribution in [2.45, 2.75) is 33.4 Å². The fraction of sp³-hybridized carbons (Fsp3) is 0.350. The monoisotopic (exact) mass is 344 g/mol. The normalized spacial score (nSPS) is 12.0. The number of para-hydroxylation sites is 1. The summed E-state index contributed by atoms with van der Waals surface area (Å²) in [5.74, 6) is 0.160. The molecule has 0 heterocycles. The SMILES string of the molecule is CC(C)CN(Cc1ccc(F)cc1)C(=O)N[C@H](C)c1ccccc1O. The molecule has 25 heavy (non-hydrogen) atoms. The van der Waals surface area contributed by atoms with Gasteiger partial charge in [0.1, 0.15) is 11.6 Å². The van der Waals surface area contributed by atoms with Gasteiger partial charge in [-0.15, -0.1) is 0 Å². The Balaban J connectivity index is 2.09. The van der Waals surface area contributed by atoms with Crippen LogP contribution in [0, 0.1) is 11.7 Å². The van der Waals surface area contributed by atoms with Crippen molar-refractivity contribution >= 4 is 6.03 Å². The van der Waals surface area contributed by atoms with Crippen molar-refractivity contribution in [3.63, 3.8) is 0 Å². The molecule has 0 aliphatic heterocycles. The fourth-order valence-electron chi connectivity index (χ4n) is 2.68. The summed E-state index contributed by atoms with van der Waals surface area (Å²) in [5.41, 5.74) is 1.54. The number of benzene rings is 2. The second-order valence-electron chi connectivity index (χ2n) is 6.63. The summed E-state index contributed by atoms with van der Waals surface area (Å²) in [7, 11) is 0. The molecule has 0 fully saturated rings. The lowest BCUT2D eigenvalue weighted by molar-refractivity contribution is 0.184. The summed E-state index contributed by atoms with van der Waals surface area (Å²) >= 11 is 0. The van der Waals surface area contributed by atoms with E-state index in [0.717, 1.165) is 5.56 Å². The van der Waals surface area contributed by atoms with Gasteiger partial charge in [0.05, 0.1) is 6.04 Å². The van der Waals surface area contributed by atoms with Crippen LogP contribution in [0.25, 0.3) is 0 Å². The Morgan fingerprint density at radius 1 is 1.12 bits per heavy atom. The van der Waals surface area contributed by atoms with Gasteiger partial charge in [-0.05, 0) is 36.6 Å². The zero-order valence-electron chi connectivity index (χ0n) is 14.9. The van der Waals surface area contributed by atoms with Crippen LogP contribution in [0.4, 0.5) is 9.18 Å². The molecule has 4 nitrogen and oxygen atoms in total. The number of hydrogen-bond acceptors (Lipinski definition) is 2. The third kappa shape index (κ3) is 5.48. The Hall–Kier alpha value is -2.56. The van der Waals surface area contributed by atoms with Crippen molar-refractivity contribution in [3.8, 4) is 5.75 Å². The first kappa shape index (κ1) is 18.8. The van der Waals surface area contributed by atoms with Gasteiger partial charge in [-0.25, -0.2) is 9.18 Å². The van der Waals surface area contributed by atoms with E-state index in [1.807, 2.05) is 26.8 Å². The van der Waals surface area contributed by atoms with E-state index in [9.17, 15) is 14.3 Å². The molecular weight excluding hydrogens is 319 g/mol. The Morgan fingerprint density at radius 2 is 1.76 bits per heavy atom. The number of urea groups is 1. The summed E-state index contributed by atoms with van der Waals surface area (Å²) in [6.07, 6.45) is 0. The summed E-state index contributed by atoms with van der Waals surface area (Å²) in [5, 5.41) is 12.9. The lowest BCUT2D eigenvalue weighted by atomic mass is 10.1. The van der Waals surface area contributed by atoms with E-state index < -0.39 is 0 Å². The molecule has 2 rings (SSSR count).